The number of nitrogens with zero attached hydrogens (tertiary/aromatic N) is 1. The summed E-state index contributed by atoms with van der Waals surface area (Å²) in [6.45, 7) is 2.19. The number of aryl methyl sites for hydroxylation is 1. The summed E-state index contributed by atoms with van der Waals surface area (Å²) < 4.78 is 18.0. The zero-order chi connectivity index (χ0) is 10.8. The zero-order valence-corrected chi connectivity index (χ0v) is 8.33. The fourth-order valence-corrected chi connectivity index (χ4v) is 1.41. The Bertz CT molecular complexity index is 479. The maximum atomic E-state index is 13.0. The van der Waals surface area contributed by atoms with E-state index in [-0.39, 0.29) is 5.82 Å². The molecule has 0 bridgehead atoms. The van der Waals surface area contributed by atoms with E-state index in [1.807, 2.05) is 6.92 Å². The molecule has 15 heavy (non-hydrogen) atoms. The Balaban J connectivity index is 2.48. The Morgan fingerprint density at radius 3 is 2.87 bits per heavy atom. The van der Waals surface area contributed by atoms with E-state index in [2.05, 4.69) is 5.16 Å². The minimum Gasteiger partial charge on any atom is -0.359 e. The van der Waals surface area contributed by atoms with Crippen LogP contribution in [0.2, 0.25) is 0 Å². The van der Waals surface area contributed by atoms with Crippen molar-refractivity contribution in [3.8, 4) is 11.3 Å². The summed E-state index contributed by atoms with van der Waals surface area (Å²) in [6.07, 6.45) is 0. The topological polar surface area (TPSA) is 52.0 Å². The van der Waals surface area contributed by atoms with Crippen LogP contribution in [0.5, 0.6) is 0 Å². The van der Waals surface area contributed by atoms with Crippen molar-refractivity contribution in [1.29, 1.82) is 0 Å². The molecule has 3 nitrogen and oxygen atoms in total. The van der Waals surface area contributed by atoms with E-state index in [9.17, 15) is 4.39 Å². The first-order chi connectivity index (χ1) is 7.20. The van der Waals surface area contributed by atoms with Gasteiger partial charge in [-0.1, -0.05) is 11.2 Å². The van der Waals surface area contributed by atoms with Crippen molar-refractivity contribution in [1.82, 2.24) is 5.16 Å². The molecule has 0 amide bonds. The molecule has 2 aromatic rings. The van der Waals surface area contributed by atoms with Crippen LogP contribution in [-0.4, -0.2) is 5.16 Å². The van der Waals surface area contributed by atoms with Crippen LogP contribution in [-0.2, 0) is 6.54 Å². The maximum absolute atomic E-state index is 13.0. The normalized spacial score (nSPS) is 10.6. The van der Waals surface area contributed by atoms with E-state index in [0.29, 0.717) is 18.0 Å². The van der Waals surface area contributed by atoms with E-state index >= 15 is 0 Å². The van der Waals surface area contributed by atoms with Gasteiger partial charge in [-0.05, 0) is 24.6 Å². The molecule has 0 fully saturated rings. The Hall–Kier alpha value is -1.68. The van der Waals surface area contributed by atoms with E-state index in [1.54, 1.807) is 12.1 Å². The second-order valence-electron chi connectivity index (χ2n) is 3.34. The van der Waals surface area contributed by atoms with Gasteiger partial charge in [0.2, 0.25) is 0 Å². The second-order valence-corrected chi connectivity index (χ2v) is 3.34. The van der Waals surface area contributed by atoms with E-state index in [4.69, 9.17) is 10.3 Å². The fourth-order valence-electron chi connectivity index (χ4n) is 1.41. The van der Waals surface area contributed by atoms with Crippen LogP contribution in [0.15, 0.2) is 28.8 Å². The molecular formula is C11H11FN2O. The third kappa shape index (κ3) is 1.89. The van der Waals surface area contributed by atoms with Gasteiger partial charge in [0.15, 0.2) is 5.76 Å². The first-order valence-corrected chi connectivity index (χ1v) is 4.63. The van der Waals surface area contributed by atoms with Gasteiger partial charge in [-0.3, -0.25) is 0 Å². The van der Waals surface area contributed by atoms with Gasteiger partial charge in [-0.25, -0.2) is 4.39 Å². The summed E-state index contributed by atoms with van der Waals surface area (Å²) >= 11 is 0. The largest absolute Gasteiger partial charge is 0.359 e. The highest BCUT2D eigenvalue weighted by atomic mass is 19.1. The molecule has 0 atom stereocenters. The van der Waals surface area contributed by atoms with Crippen LogP contribution in [0, 0.1) is 12.7 Å². The van der Waals surface area contributed by atoms with Gasteiger partial charge >= 0.3 is 0 Å². The monoisotopic (exact) mass is 206 g/mol. The Morgan fingerprint density at radius 2 is 2.20 bits per heavy atom. The van der Waals surface area contributed by atoms with Crippen LogP contribution < -0.4 is 5.73 Å². The number of hydrogen-bond donors (Lipinski definition) is 1. The summed E-state index contributed by atoms with van der Waals surface area (Å²) in [7, 11) is 0. The van der Waals surface area contributed by atoms with Crippen molar-refractivity contribution in [2.24, 2.45) is 5.73 Å². The van der Waals surface area contributed by atoms with Crippen LogP contribution in [0.1, 0.15) is 11.3 Å². The number of halogens is 1. The van der Waals surface area contributed by atoms with Crippen molar-refractivity contribution >= 4 is 0 Å². The lowest BCUT2D eigenvalue weighted by Crippen LogP contribution is -1.92. The Kier molecular flexibility index (Phi) is 2.51. The van der Waals surface area contributed by atoms with Gasteiger partial charge in [-0.15, -0.1) is 0 Å². The fraction of sp³-hybridized carbons (Fsp3) is 0.182. The van der Waals surface area contributed by atoms with E-state index in [0.717, 1.165) is 11.1 Å². The average Bonchev–Trinajstić information content (AvgIpc) is 2.70. The molecule has 0 radical (unpaired) electrons. The number of hydrogen-bond acceptors (Lipinski definition) is 3. The summed E-state index contributed by atoms with van der Waals surface area (Å²) in [5.74, 6) is 0.307. The molecule has 78 valence electrons. The lowest BCUT2D eigenvalue weighted by atomic mass is 10.1. The molecular weight excluding hydrogens is 195 g/mol. The summed E-state index contributed by atoms with van der Waals surface area (Å²) in [5.41, 5.74) is 7.71. The lowest BCUT2D eigenvalue weighted by Gasteiger charge is -2.00. The predicted molar refractivity (Wildman–Crippen MR) is 54.5 cm³/mol. The average molecular weight is 206 g/mol. The highest BCUT2D eigenvalue weighted by molar-refractivity contribution is 5.63. The van der Waals surface area contributed by atoms with Crippen LogP contribution in [0.25, 0.3) is 11.3 Å². The minimum absolute atomic E-state index is 0.284. The van der Waals surface area contributed by atoms with Gasteiger partial charge in [0.25, 0.3) is 0 Å². The van der Waals surface area contributed by atoms with Gasteiger partial charge < -0.3 is 10.3 Å². The molecule has 0 aliphatic carbocycles. The van der Waals surface area contributed by atoms with Crippen LogP contribution >= 0.6 is 0 Å². The third-order valence-electron chi connectivity index (χ3n) is 2.24. The molecule has 0 saturated carbocycles. The number of rotatable bonds is 2. The van der Waals surface area contributed by atoms with Gasteiger partial charge in [0.1, 0.15) is 11.5 Å². The Morgan fingerprint density at radius 1 is 1.40 bits per heavy atom. The van der Waals surface area contributed by atoms with Crippen molar-refractivity contribution in [2.75, 3.05) is 0 Å². The molecule has 0 saturated heterocycles. The SMILES string of the molecule is Cc1ccc(F)cc1-c1cc(CN)on1. The van der Waals surface area contributed by atoms with Crippen LogP contribution in [0.3, 0.4) is 0 Å². The van der Waals surface area contributed by atoms with Crippen molar-refractivity contribution in [2.45, 2.75) is 13.5 Å². The molecule has 1 aromatic heterocycles. The first-order valence-electron chi connectivity index (χ1n) is 4.63. The molecule has 0 aliphatic heterocycles. The number of nitrogens with two attached hydrogens (primary N) is 1. The number of benzene rings is 1. The van der Waals surface area contributed by atoms with Gasteiger partial charge in [0.05, 0.1) is 6.54 Å². The highest BCUT2D eigenvalue weighted by Gasteiger charge is 2.08. The summed E-state index contributed by atoms with van der Waals surface area (Å²) in [5, 5.41) is 3.84. The van der Waals surface area contributed by atoms with Gasteiger partial charge in [0, 0.05) is 11.6 Å². The predicted octanol–water partition coefficient (Wildman–Crippen LogP) is 2.25. The summed E-state index contributed by atoms with van der Waals surface area (Å²) in [4.78, 5) is 0. The number of aromatic nitrogens is 1. The lowest BCUT2D eigenvalue weighted by molar-refractivity contribution is 0.387. The molecule has 1 heterocycles. The third-order valence-corrected chi connectivity index (χ3v) is 2.24. The molecule has 0 unspecified atom stereocenters. The molecule has 1 aromatic carbocycles. The minimum atomic E-state index is -0.284. The maximum Gasteiger partial charge on any atom is 0.150 e. The summed E-state index contributed by atoms with van der Waals surface area (Å²) in [6, 6.07) is 6.29. The Labute approximate surface area is 86.7 Å². The van der Waals surface area contributed by atoms with Crippen LogP contribution in [0.4, 0.5) is 4.39 Å². The molecule has 2 rings (SSSR count). The first kappa shape index (κ1) is 9.86. The van der Waals surface area contributed by atoms with Gasteiger partial charge in [-0.2, -0.15) is 0 Å². The molecule has 2 N–H and O–H groups in total. The standard InChI is InChI=1S/C11H11FN2O/c1-7-2-3-8(12)4-10(7)11-5-9(6-13)15-14-11/h2-5H,6,13H2,1H3. The van der Waals surface area contributed by atoms with Crippen molar-refractivity contribution < 1.29 is 8.91 Å². The van der Waals surface area contributed by atoms with E-state index in [1.165, 1.54) is 12.1 Å². The highest BCUT2D eigenvalue weighted by Crippen LogP contribution is 2.23. The van der Waals surface area contributed by atoms with Crippen molar-refractivity contribution in [3.63, 3.8) is 0 Å². The van der Waals surface area contributed by atoms with E-state index < -0.39 is 0 Å². The molecule has 4 heteroatoms. The smallest absolute Gasteiger partial charge is 0.150 e. The quantitative estimate of drug-likeness (QED) is 0.819. The molecule has 0 aliphatic rings. The second kappa shape index (κ2) is 3.82. The zero-order valence-electron chi connectivity index (χ0n) is 8.33. The van der Waals surface area contributed by atoms with Crippen molar-refractivity contribution in [3.05, 3.63) is 41.4 Å². The molecule has 0 spiro atoms.